The molecule has 2 aliphatic rings. The van der Waals surface area contributed by atoms with E-state index in [2.05, 4.69) is 9.98 Å². The number of nitrogens with two attached hydrogens (primary N) is 1. The SMILES string of the molecule is COc1ccc(N(CC(C=NCc2ccc(C(F)(F)F)cc2)=CN)C(=O)C2CCCC3=C(O)CCC=C32)cn1. The third-order valence-electron chi connectivity index (χ3n) is 6.91. The number of hydrogen-bond donors (Lipinski definition) is 2. The number of hydrogen-bond acceptors (Lipinski definition) is 6. The summed E-state index contributed by atoms with van der Waals surface area (Å²) in [5.74, 6) is 0.208. The lowest BCUT2D eigenvalue weighted by atomic mass is 9.76. The molecular weight excluding hydrogens is 509 g/mol. The van der Waals surface area contributed by atoms with Crippen molar-refractivity contribution in [2.75, 3.05) is 18.6 Å². The van der Waals surface area contributed by atoms with Crippen molar-refractivity contribution in [2.24, 2.45) is 16.6 Å². The lowest BCUT2D eigenvalue weighted by Crippen LogP contribution is -2.40. The van der Waals surface area contributed by atoms with Crippen molar-refractivity contribution in [3.05, 3.63) is 88.5 Å². The highest BCUT2D eigenvalue weighted by atomic mass is 19.4. The molecule has 1 heterocycles. The Morgan fingerprint density at radius 2 is 2.00 bits per heavy atom. The van der Waals surface area contributed by atoms with Crippen LogP contribution in [0.4, 0.5) is 18.9 Å². The number of ether oxygens (including phenoxy) is 1. The van der Waals surface area contributed by atoms with E-state index >= 15 is 0 Å². The normalized spacial score (nSPS) is 18.1. The maximum absolute atomic E-state index is 14.0. The molecule has 1 fully saturated rings. The number of aromatic nitrogens is 1. The molecule has 206 valence electrons. The lowest BCUT2D eigenvalue weighted by molar-refractivity contribution is -0.137. The molecule has 1 atom stereocenters. The maximum Gasteiger partial charge on any atom is 0.416 e. The van der Waals surface area contributed by atoms with E-state index in [1.54, 1.807) is 23.2 Å². The fraction of sp³-hybridized carbons (Fsp3) is 0.345. The summed E-state index contributed by atoms with van der Waals surface area (Å²) in [7, 11) is 1.51. The Morgan fingerprint density at radius 1 is 1.23 bits per heavy atom. The molecule has 0 saturated heterocycles. The largest absolute Gasteiger partial charge is 0.512 e. The quantitative estimate of drug-likeness (QED) is 0.407. The summed E-state index contributed by atoms with van der Waals surface area (Å²) in [5, 5.41) is 10.4. The van der Waals surface area contributed by atoms with Gasteiger partial charge in [0.15, 0.2) is 0 Å². The molecule has 1 saturated carbocycles. The van der Waals surface area contributed by atoms with E-state index in [1.165, 1.54) is 31.7 Å². The maximum atomic E-state index is 14.0. The second kappa shape index (κ2) is 12.2. The fourth-order valence-corrected chi connectivity index (χ4v) is 4.87. The molecule has 1 aromatic heterocycles. The van der Waals surface area contributed by atoms with Crippen LogP contribution in [-0.4, -0.2) is 35.9 Å². The van der Waals surface area contributed by atoms with Gasteiger partial charge >= 0.3 is 6.18 Å². The van der Waals surface area contributed by atoms with Crippen LogP contribution >= 0.6 is 0 Å². The van der Waals surface area contributed by atoms with E-state index in [9.17, 15) is 23.1 Å². The van der Waals surface area contributed by atoms with Crippen LogP contribution in [-0.2, 0) is 17.5 Å². The number of carbonyl (C=O) groups excluding carboxylic acids is 1. The average Bonchev–Trinajstić information content (AvgIpc) is 2.94. The number of allylic oxidation sites excluding steroid dienone is 3. The first-order valence-corrected chi connectivity index (χ1v) is 12.7. The summed E-state index contributed by atoms with van der Waals surface area (Å²) in [6, 6.07) is 8.21. The average molecular weight is 541 g/mol. The van der Waals surface area contributed by atoms with Gasteiger partial charge in [0.25, 0.3) is 0 Å². The summed E-state index contributed by atoms with van der Waals surface area (Å²) < 4.78 is 43.6. The van der Waals surface area contributed by atoms with Crippen molar-refractivity contribution in [3.63, 3.8) is 0 Å². The molecule has 0 spiro atoms. The third kappa shape index (κ3) is 6.68. The van der Waals surface area contributed by atoms with Crippen molar-refractivity contribution < 1.29 is 27.8 Å². The summed E-state index contributed by atoms with van der Waals surface area (Å²) in [6.45, 7) is 0.255. The molecule has 7 nitrogen and oxygen atoms in total. The Morgan fingerprint density at radius 3 is 2.64 bits per heavy atom. The first-order valence-electron chi connectivity index (χ1n) is 12.7. The molecule has 39 heavy (non-hydrogen) atoms. The van der Waals surface area contributed by atoms with E-state index < -0.39 is 17.7 Å². The van der Waals surface area contributed by atoms with Gasteiger partial charge in [0.05, 0.1) is 49.3 Å². The number of aliphatic hydroxyl groups excluding tert-OH is 1. The summed E-state index contributed by atoms with van der Waals surface area (Å²) in [4.78, 5) is 24.2. The van der Waals surface area contributed by atoms with E-state index in [0.717, 1.165) is 36.1 Å². The number of amides is 1. The molecule has 0 radical (unpaired) electrons. The number of anilines is 1. The van der Waals surface area contributed by atoms with Crippen LogP contribution in [0.15, 0.2) is 82.3 Å². The van der Waals surface area contributed by atoms with Gasteiger partial charge in [-0.25, -0.2) is 4.98 Å². The zero-order chi connectivity index (χ0) is 28.0. The highest BCUT2D eigenvalue weighted by Crippen LogP contribution is 2.40. The number of halogens is 3. The molecule has 3 N–H and O–H groups in total. The van der Waals surface area contributed by atoms with Crippen LogP contribution in [0.3, 0.4) is 0 Å². The smallest absolute Gasteiger partial charge is 0.416 e. The second-order valence-corrected chi connectivity index (χ2v) is 9.46. The van der Waals surface area contributed by atoms with Crippen LogP contribution in [0.1, 0.15) is 43.2 Å². The molecule has 0 aliphatic heterocycles. The number of nitrogens with zero attached hydrogens (tertiary/aromatic N) is 3. The van der Waals surface area contributed by atoms with Crippen LogP contribution < -0.4 is 15.4 Å². The molecule has 0 bridgehead atoms. The Labute approximate surface area is 225 Å². The van der Waals surface area contributed by atoms with Crippen LogP contribution in [0.5, 0.6) is 5.88 Å². The van der Waals surface area contributed by atoms with E-state index in [1.807, 2.05) is 6.08 Å². The predicted molar refractivity (Wildman–Crippen MR) is 143 cm³/mol. The number of aliphatic hydroxyl groups is 1. The summed E-state index contributed by atoms with van der Waals surface area (Å²) >= 11 is 0. The molecule has 2 aliphatic carbocycles. The highest BCUT2D eigenvalue weighted by molar-refractivity contribution is 5.99. The molecule has 1 amide bonds. The molecule has 4 rings (SSSR count). The van der Waals surface area contributed by atoms with Crippen molar-refractivity contribution in [2.45, 2.75) is 44.8 Å². The minimum atomic E-state index is -4.40. The number of methoxy groups -OCH3 is 1. The molecule has 10 heteroatoms. The van der Waals surface area contributed by atoms with Gasteiger partial charge < -0.3 is 20.5 Å². The number of alkyl halides is 3. The molecular formula is C29H31F3N4O3. The van der Waals surface area contributed by atoms with Crippen molar-refractivity contribution in [1.82, 2.24) is 4.98 Å². The van der Waals surface area contributed by atoms with Crippen molar-refractivity contribution in [1.29, 1.82) is 0 Å². The van der Waals surface area contributed by atoms with Gasteiger partial charge in [-0.05, 0) is 60.6 Å². The number of carbonyl (C=O) groups is 1. The predicted octanol–water partition coefficient (Wildman–Crippen LogP) is 5.89. The van der Waals surface area contributed by atoms with Gasteiger partial charge in [-0.1, -0.05) is 18.2 Å². The first-order chi connectivity index (χ1) is 18.7. The van der Waals surface area contributed by atoms with Gasteiger partial charge in [0.2, 0.25) is 11.8 Å². The van der Waals surface area contributed by atoms with E-state index in [-0.39, 0.29) is 19.0 Å². The number of aliphatic imine (C=N–C) groups is 1. The fourth-order valence-electron chi connectivity index (χ4n) is 4.87. The molecule has 1 aromatic carbocycles. The minimum absolute atomic E-state index is 0.106. The van der Waals surface area contributed by atoms with E-state index in [0.29, 0.717) is 47.7 Å². The minimum Gasteiger partial charge on any atom is -0.512 e. The van der Waals surface area contributed by atoms with Crippen LogP contribution in [0, 0.1) is 5.92 Å². The van der Waals surface area contributed by atoms with Gasteiger partial charge in [-0.2, -0.15) is 13.2 Å². The standard InChI is InChI=1S/C29H31F3N4O3/c1-39-27-13-12-22(17-35-27)36(28(38)25-6-2-5-24-23(25)4-3-7-26(24)37)18-20(14-33)16-34-15-19-8-10-21(11-9-19)29(30,31)32/h4,8-14,16-17,25,37H,2-3,5-7,15,18,33H2,1H3. The summed E-state index contributed by atoms with van der Waals surface area (Å²) in [5.41, 5.74) is 8.62. The highest BCUT2D eigenvalue weighted by Gasteiger charge is 2.35. The van der Waals surface area contributed by atoms with Gasteiger partial charge in [-0.3, -0.25) is 9.79 Å². The Balaban J connectivity index is 1.55. The van der Waals surface area contributed by atoms with Crippen LogP contribution in [0.25, 0.3) is 0 Å². The number of benzene rings is 1. The van der Waals surface area contributed by atoms with Gasteiger partial charge in [0.1, 0.15) is 0 Å². The Bertz CT molecular complexity index is 1300. The monoisotopic (exact) mass is 540 g/mol. The van der Waals surface area contributed by atoms with Crippen LogP contribution in [0.2, 0.25) is 0 Å². The van der Waals surface area contributed by atoms with Crippen molar-refractivity contribution in [3.8, 4) is 5.88 Å². The van der Waals surface area contributed by atoms with Gasteiger partial charge in [0, 0.05) is 30.5 Å². The van der Waals surface area contributed by atoms with Crippen molar-refractivity contribution >= 4 is 17.8 Å². The zero-order valence-corrected chi connectivity index (χ0v) is 21.6. The topological polar surface area (TPSA) is 101 Å². The summed E-state index contributed by atoms with van der Waals surface area (Å²) in [6.07, 6.45) is 5.54. The Kier molecular flexibility index (Phi) is 8.73. The third-order valence-corrected chi connectivity index (χ3v) is 6.91. The lowest BCUT2D eigenvalue weighted by Gasteiger charge is -2.34. The zero-order valence-electron chi connectivity index (χ0n) is 21.6. The molecule has 1 unspecified atom stereocenters. The number of fused-ring (bicyclic) bond motifs is 1. The molecule has 2 aromatic rings. The number of pyridine rings is 1. The first kappa shape index (κ1) is 27.9. The van der Waals surface area contributed by atoms with Gasteiger partial charge in [-0.15, -0.1) is 0 Å². The van der Waals surface area contributed by atoms with E-state index in [4.69, 9.17) is 10.5 Å². The number of rotatable bonds is 8. The second-order valence-electron chi connectivity index (χ2n) is 9.46. The Hall–Kier alpha value is -4.08.